The number of nitrogens with one attached hydrogen (secondary N) is 1. The Bertz CT molecular complexity index is 355. The molecule has 1 rings (SSSR count). The maximum absolute atomic E-state index is 10.6. The molecule has 1 aromatic heterocycles. The van der Waals surface area contributed by atoms with Crippen LogP contribution in [0.3, 0.4) is 0 Å². The van der Waals surface area contributed by atoms with Crippen molar-refractivity contribution in [1.29, 1.82) is 0 Å². The smallest absolute Gasteiger partial charge is 0.338 e. The lowest BCUT2D eigenvalue weighted by Gasteiger charge is -2.25. The molecule has 1 aromatic rings. The molecule has 4 nitrogen and oxygen atoms in total. The number of carbonyl (C=O) groups is 1. The first-order chi connectivity index (χ1) is 7.44. The number of furan rings is 1. The van der Waals surface area contributed by atoms with E-state index in [1.807, 2.05) is 0 Å². The second-order valence-electron chi connectivity index (χ2n) is 4.59. The van der Waals surface area contributed by atoms with Crippen LogP contribution in [0.15, 0.2) is 16.7 Å². The van der Waals surface area contributed by atoms with E-state index >= 15 is 0 Å². The molecule has 0 atom stereocenters. The molecule has 0 saturated carbocycles. The van der Waals surface area contributed by atoms with Gasteiger partial charge in [-0.25, -0.2) is 4.79 Å². The van der Waals surface area contributed by atoms with E-state index in [1.165, 1.54) is 6.26 Å². The number of hydrogen-bond donors (Lipinski definition) is 2. The van der Waals surface area contributed by atoms with Crippen molar-refractivity contribution in [2.24, 2.45) is 0 Å². The fourth-order valence-corrected chi connectivity index (χ4v) is 1.63. The molecule has 0 aliphatic heterocycles. The molecular weight excluding hydrogens is 206 g/mol. The lowest BCUT2D eigenvalue weighted by atomic mass is 9.99. The van der Waals surface area contributed by atoms with Crippen LogP contribution in [0.5, 0.6) is 0 Å². The maximum Gasteiger partial charge on any atom is 0.338 e. The summed E-state index contributed by atoms with van der Waals surface area (Å²) in [7, 11) is 0. The summed E-state index contributed by atoms with van der Waals surface area (Å²) in [6, 6.07) is 1.55. The number of carboxylic acid groups (broad SMARTS) is 1. The van der Waals surface area contributed by atoms with Gasteiger partial charge in [0.25, 0.3) is 0 Å². The Labute approximate surface area is 95.7 Å². The first-order valence-corrected chi connectivity index (χ1v) is 5.50. The zero-order valence-corrected chi connectivity index (χ0v) is 10.0. The van der Waals surface area contributed by atoms with E-state index in [1.54, 1.807) is 6.07 Å². The monoisotopic (exact) mass is 225 g/mol. The van der Waals surface area contributed by atoms with E-state index in [0.717, 1.165) is 12.8 Å². The summed E-state index contributed by atoms with van der Waals surface area (Å²) in [5.74, 6) is -0.301. The number of aromatic carboxylic acids is 1. The van der Waals surface area contributed by atoms with Gasteiger partial charge in [0.15, 0.2) is 0 Å². The number of hydrogen-bond acceptors (Lipinski definition) is 3. The molecule has 0 aliphatic carbocycles. The van der Waals surface area contributed by atoms with Crippen LogP contribution in [0.1, 0.15) is 49.7 Å². The van der Waals surface area contributed by atoms with Gasteiger partial charge in [0, 0.05) is 5.54 Å². The van der Waals surface area contributed by atoms with Crippen LogP contribution in [-0.4, -0.2) is 16.6 Å². The molecule has 4 heteroatoms. The van der Waals surface area contributed by atoms with Crippen molar-refractivity contribution in [3.05, 3.63) is 23.7 Å². The van der Waals surface area contributed by atoms with E-state index in [-0.39, 0.29) is 11.1 Å². The van der Waals surface area contributed by atoms with Gasteiger partial charge in [-0.1, -0.05) is 13.3 Å². The van der Waals surface area contributed by atoms with Gasteiger partial charge >= 0.3 is 5.97 Å². The van der Waals surface area contributed by atoms with Gasteiger partial charge in [-0.15, -0.1) is 0 Å². The Balaban J connectivity index is 2.51. The highest BCUT2D eigenvalue weighted by molar-refractivity contribution is 5.87. The molecule has 1 heterocycles. The Morgan fingerprint density at radius 2 is 2.25 bits per heavy atom. The molecule has 0 bridgehead atoms. The summed E-state index contributed by atoms with van der Waals surface area (Å²) in [6.07, 6.45) is 3.45. The lowest BCUT2D eigenvalue weighted by Crippen LogP contribution is -2.38. The molecular formula is C12H19NO3. The van der Waals surface area contributed by atoms with Gasteiger partial charge in [0.1, 0.15) is 12.0 Å². The van der Waals surface area contributed by atoms with E-state index in [2.05, 4.69) is 26.1 Å². The molecule has 0 radical (unpaired) electrons. The molecule has 0 unspecified atom stereocenters. The Kier molecular flexibility index (Phi) is 4.12. The van der Waals surface area contributed by atoms with Crippen LogP contribution in [0.2, 0.25) is 0 Å². The third-order valence-electron chi connectivity index (χ3n) is 2.52. The minimum atomic E-state index is -0.956. The topological polar surface area (TPSA) is 62.5 Å². The van der Waals surface area contributed by atoms with Gasteiger partial charge < -0.3 is 14.8 Å². The standard InChI is InChI=1S/C12H19NO3/c1-4-5-12(2,3)13-7-10-6-9(8-16-10)11(14)15/h6,8,13H,4-5,7H2,1-3H3,(H,14,15). The molecule has 0 spiro atoms. The Morgan fingerprint density at radius 3 is 2.75 bits per heavy atom. The van der Waals surface area contributed by atoms with Gasteiger partial charge in [0.05, 0.1) is 12.1 Å². The highest BCUT2D eigenvalue weighted by Gasteiger charge is 2.16. The summed E-state index contributed by atoms with van der Waals surface area (Å²) in [5.41, 5.74) is 0.246. The molecule has 0 aromatic carbocycles. The van der Waals surface area contributed by atoms with Gasteiger partial charge in [-0.2, -0.15) is 0 Å². The van der Waals surface area contributed by atoms with Crippen LogP contribution < -0.4 is 5.32 Å². The van der Waals surface area contributed by atoms with Crippen LogP contribution in [0.4, 0.5) is 0 Å². The second-order valence-corrected chi connectivity index (χ2v) is 4.59. The molecule has 90 valence electrons. The van der Waals surface area contributed by atoms with Crippen molar-refractivity contribution in [1.82, 2.24) is 5.32 Å². The molecule has 0 aliphatic rings. The van der Waals surface area contributed by atoms with Crippen molar-refractivity contribution in [3.63, 3.8) is 0 Å². The maximum atomic E-state index is 10.6. The zero-order chi connectivity index (χ0) is 12.2. The van der Waals surface area contributed by atoms with Crippen LogP contribution in [-0.2, 0) is 6.54 Å². The normalized spacial score (nSPS) is 11.7. The fourth-order valence-electron chi connectivity index (χ4n) is 1.63. The van der Waals surface area contributed by atoms with Crippen LogP contribution in [0.25, 0.3) is 0 Å². The second kappa shape index (κ2) is 5.16. The van der Waals surface area contributed by atoms with Crippen LogP contribution in [0, 0.1) is 0 Å². The minimum absolute atomic E-state index is 0.0466. The summed E-state index contributed by atoms with van der Waals surface area (Å²) < 4.78 is 5.16. The van der Waals surface area contributed by atoms with E-state index in [0.29, 0.717) is 12.3 Å². The average Bonchev–Trinajstić information content (AvgIpc) is 2.63. The SMILES string of the molecule is CCCC(C)(C)NCc1cc(C(=O)O)co1. The fraction of sp³-hybridized carbons (Fsp3) is 0.583. The van der Waals surface area contributed by atoms with Gasteiger partial charge in [-0.3, -0.25) is 0 Å². The van der Waals surface area contributed by atoms with Crippen molar-refractivity contribution < 1.29 is 14.3 Å². The zero-order valence-electron chi connectivity index (χ0n) is 10.0. The number of carboxylic acids is 1. The van der Waals surface area contributed by atoms with Crippen molar-refractivity contribution in [2.45, 2.75) is 45.7 Å². The third-order valence-corrected chi connectivity index (χ3v) is 2.52. The largest absolute Gasteiger partial charge is 0.478 e. The van der Waals surface area contributed by atoms with Crippen molar-refractivity contribution in [3.8, 4) is 0 Å². The first-order valence-electron chi connectivity index (χ1n) is 5.50. The summed E-state index contributed by atoms with van der Waals surface area (Å²) in [5, 5.41) is 12.1. The van der Waals surface area contributed by atoms with Crippen molar-refractivity contribution >= 4 is 5.97 Å². The lowest BCUT2D eigenvalue weighted by molar-refractivity contribution is 0.0696. The van der Waals surface area contributed by atoms with E-state index in [4.69, 9.17) is 9.52 Å². The Hall–Kier alpha value is -1.29. The predicted molar refractivity (Wildman–Crippen MR) is 61.5 cm³/mol. The Morgan fingerprint density at radius 1 is 1.56 bits per heavy atom. The number of rotatable bonds is 6. The molecule has 16 heavy (non-hydrogen) atoms. The molecule has 0 amide bonds. The summed E-state index contributed by atoms with van der Waals surface area (Å²) in [6.45, 7) is 6.94. The predicted octanol–water partition coefficient (Wildman–Crippen LogP) is 2.65. The summed E-state index contributed by atoms with van der Waals surface area (Å²) >= 11 is 0. The van der Waals surface area contributed by atoms with Gasteiger partial charge in [-0.05, 0) is 26.3 Å². The molecule has 0 saturated heterocycles. The van der Waals surface area contributed by atoms with Crippen LogP contribution >= 0.6 is 0 Å². The average molecular weight is 225 g/mol. The highest BCUT2D eigenvalue weighted by atomic mass is 16.4. The first kappa shape index (κ1) is 12.8. The van der Waals surface area contributed by atoms with E-state index in [9.17, 15) is 4.79 Å². The molecule has 2 N–H and O–H groups in total. The van der Waals surface area contributed by atoms with E-state index < -0.39 is 5.97 Å². The third kappa shape index (κ3) is 3.70. The quantitative estimate of drug-likeness (QED) is 0.781. The summed E-state index contributed by atoms with van der Waals surface area (Å²) in [4.78, 5) is 10.6. The highest BCUT2D eigenvalue weighted by Crippen LogP contribution is 2.13. The minimum Gasteiger partial charge on any atom is -0.478 e. The van der Waals surface area contributed by atoms with Crippen molar-refractivity contribution in [2.75, 3.05) is 0 Å². The van der Waals surface area contributed by atoms with Gasteiger partial charge in [0.2, 0.25) is 0 Å². The molecule has 0 fully saturated rings.